The molecule has 170 valence electrons. The first-order valence-corrected chi connectivity index (χ1v) is 9.19. The summed E-state index contributed by atoms with van der Waals surface area (Å²) < 4.78 is 59.6. The highest BCUT2D eigenvalue weighted by Gasteiger charge is 2.28. The van der Waals surface area contributed by atoms with Gasteiger partial charge in [0.05, 0.1) is 5.56 Å². The fourth-order valence-electron chi connectivity index (χ4n) is 2.59. The predicted octanol–water partition coefficient (Wildman–Crippen LogP) is 3.41. The minimum Gasteiger partial charge on any atom is -0.468 e. The number of benzene rings is 1. The summed E-state index contributed by atoms with van der Waals surface area (Å²) in [7, 11) is 1.65. The molecule has 3 aromatic heterocycles. The van der Waals surface area contributed by atoms with Gasteiger partial charge in [0.1, 0.15) is 5.82 Å². The number of ether oxygens (including phenoxy) is 1. The third-order valence-electron chi connectivity index (χ3n) is 4.15. The lowest BCUT2D eigenvalue weighted by Crippen LogP contribution is -2.19. The van der Waals surface area contributed by atoms with E-state index in [1.54, 1.807) is 11.9 Å². The van der Waals surface area contributed by atoms with E-state index >= 15 is 0 Å². The summed E-state index contributed by atoms with van der Waals surface area (Å²) in [6.07, 6.45) is -3.25. The van der Waals surface area contributed by atoms with E-state index in [0.717, 1.165) is 0 Å². The largest absolute Gasteiger partial charge is 0.468 e. The molecule has 0 aliphatic rings. The monoisotopic (exact) mass is 462 g/mol. The Morgan fingerprint density at radius 1 is 1.00 bits per heavy atom. The van der Waals surface area contributed by atoms with Crippen LogP contribution in [0, 0.1) is 5.82 Å². The number of hydrogen-bond donors (Lipinski definition) is 1. The maximum atomic E-state index is 13.2. The van der Waals surface area contributed by atoms with Crippen molar-refractivity contribution in [1.82, 2.24) is 30.1 Å². The number of nitrogens with two attached hydrogens (primary N) is 1. The van der Waals surface area contributed by atoms with Gasteiger partial charge in [-0.1, -0.05) is 5.16 Å². The van der Waals surface area contributed by atoms with Crippen LogP contribution in [0.25, 0.3) is 23.1 Å². The second kappa shape index (κ2) is 8.64. The lowest BCUT2D eigenvalue weighted by atomic mass is 10.3. The van der Waals surface area contributed by atoms with Gasteiger partial charge in [-0.05, 0) is 30.3 Å². The first-order chi connectivity index (χ1) is 15.7. The van der Waals surface area contributed by atoms with Gasteiger partial charge in [-0.2, -0.15) is 33.1 Å². The molecule has 0 aliphatic heterocycles. The van der Waals surface area contributed by atoms with Crippen LogP contribution >= 0.6 is 0 Å². The number of aromatic nitrogens is 6. The summed E-state index contributed by atoms with van der Waals surface area (Å²) in [4.78, 5) is 21.9. The maximum absolute atomic E-state index is 13.2. The summed E-state index contributed by atoms with van der Waals surface area (Å²) in [5, 5.41) is 3.81. The SMILES string of the molecule is CN(c1ccc(F)cc1)c1nc(N)nc(-c2noc(-c3ccc(OCC(F)(F)F)nc3)n2)n1. The van der Waals surface area contributed by atoms with Gasteiger partial charge < -0.3 is 19.9 Å². The zero-order chi connectivity index (χ0) is 23.6. The normalized spacial score (nSPS) is 11.4. The zero-order valence-corrected chi connectivity index (χ0v) is 16.8. The van der Waals surface area contributed by atoms with Crippen molar-refractivity contribution in [2.45, 2.75) is 6.18 Å². The number of nitrogen functional groups attached to an aromatic ring is 1. The molecule has 10 nitrogen and oxygen atoms in total. The zero-order valence-electron chi connectivity index (χ0n) is 16.8. The van der Waals surface area contributed by atoms with Crippen molar-refractivity contribution in [2.75, 3.05) is 24.3 Å². The van der Waals surface area contributed by atoms with Crippen LogP contribution < -0.4 is 15.4 Å². The average Bonchev–Trinajstić information content (AvgIpc) is 3.28. The standard InChI is InChI=1S/C19H14F4N8O2/c1-31(12-5-3-11(20)4-6-12)18-28-14(27-17(24)29-18)15-26-16(33-30-15)10-2-7-13(25-8-10)32-9-19(21,22)23/h2-8H,9H2,1H3,(H2,24,27,28,29). The Hall–Kier alpha value is -4.36. The van der Waals surface area contributed by atoms with Crippen LogP contribution in [0.1, 0.15) is 0 Å². The Balaban J connectivity index is 1.55. The van der Waals surface area contributed by atoms with Crippen LogP contribution in [-0.2, 0) is 0 Å². The van der Waals surface area contributed by atoms with Crippen LogP contribution in [0.5, 0.6) is 5.88 Å². The Morgan fingerprint density at radius 3 is 2.42 bits per heavy atom. The molecule has 33 heavy (non-hydrogen) atoms. The van der Waals surface area contributed by atoms with Gasteiger partial charge in [-0.15, -0.1) is 0 Å². The number of hydrogen-bond acceptors (Lipinski definition) is 10. The molecule has 4 rings (SSSR count). The van der Waals surface area contributed by atoms with Crippen LogP contribution in [-0.4, -0.2) is 49.9 Å². The highest BCUT2D eigenvalue weighted by Crippen LogP contribution is 2.25. The molecule has 0 bridgehead atoms. The van der Waals surface area contributed by atoms with E-state index in [2.05, 4.69) is 34.8 Å². The van der Waals surface area contributed by atoms with E-state index in [4.69, 9.17) is 10.3 Å². The van der Waals surface area contributed by atoms with Crippen LogP contribution in [0.3, 0.4) is 0 Å². The molecule has 0 spiro atoms. The number of halogens is 4. The summed E-state index contributed by atoms with van der Waals surface area (Å²) in [5.74, 6) is -0.533. The third kappa shape index (κ3) is 5.28. The molecule has 14 heteroatoms. The maximum Gasteiger partial charge on any atom is 0.422 e. The van der Waals surface area contributed by atoms with Crippen molar-refractivity contribution in [3.63, 3.8) is 0 Å². The van der Waals surface area contributed by atoms with E-state index in [0.29, 0.717) is 11.3 Å². The van der Waals surface area contributed by atoms with Crippen LogP contribution in [0.2, 0.25) is 0 Å². The molecule has 2 N–H and O–H groups in total. The van der Waals surface area contributed by atoms with E-state index < -0.39 is 18.6 Å². The van der Waals surface area contributed by atoms with Gasteiger partial charge in [0.25, 0.3) is 5.89 Å². The summed E-state index contributed by atoms with van der Waals surface area (Å²) >= 11 is 0. The number of pyridine rings is 1. The highest BCUT2D eigenvalue weighted by atomic mass is 19.4. The van der Waals surface area contributed by atoms with Crippen molar-refractivity contribution in [1.29, 1.82) is 0 Å². The predicted molar refractivity (Wildman–Crippen MR) is 107 cm³/mol. The van der Waals surface area contributed by atoms with Gasteiger partial charge in [0, 0.05) is 25.0 Å². The molecule has 4 aromatic rings. The topological polar surface area (TPSA) is 129 Å². The Labute approximate surface area is 183 Å². The van der Waals surface area contributed by atoms with E-state index in [1.165, 1.54) is 42.6 Å². The van der Waals surface area contributed by atoms with Gasteiger partial charge in [-0.3, -0.25) is 0 Å². The fourth-order valence-corrected chi connectivity index (χ4v) is 2.59. The van der Waals surface area contributed by atoms with Gasteiger partial charge in [0.15, 0.2) is 6.61 Å². The lowest BCUT2D eigenvalue weighted by molar-refractivity contribution is -0.154. The summed E-state index contributed by atoms with van der Waals surface area (Å²) in [6, 6.07) is 8.30. The van der Waals surface area contributed by atoms with Crippen molar-refractivity contribution in [3.8, 4) is 29.0 Å². The Morgan fingerprint density at radius 2 is 1.76 bits per heavy atom. The molecule has 0 saturated heterocycles. The van der Waals surface area contributed by atoms with Gasteiger partial charge in [-0.25, -0.2) is 9.37 Å². The minimum atomic E-state index is -4.47. The highest BCUT2D eigenvalue weighted by molar-refractivity contribution is 5.60. The molecule has 0 radical (unpaired) electrons. The van der Waals surface area contributed by atoms with Gasteiger partial charge >= 0.3 is 6.18 Å². The minimum absolute atomic E-state index is 0.00902. The molecule has 0 saturated carbocycles. The number of rotatable bonds is 6. The smallest absolute Gasteiger partial charge is 0.422 e. The van der Waals surface area contributed by atoms with Crippen molar-refractivity contribution >= 4 is 17.6 Å². The van der Waals surface area contributed by atoms with E-state index in [9.17, 15) is 17.6 Å². The van der Waals surface area contributed by atoms with E-state index in [-0.39, 0.29) is 35.3 Å². The molecule has 3 heterocycles. The summed E-state index contributed by atoms with van der Waals surface area (Å²) in [6.45, 7) is -1.46. The number of nitrogens with zero attached hydrogens (tertiary/aromatic N) is 7. The quantitative estimate of drug-likeness (QED) is 0.426. The second-order valence-electron chi connectivity index (χ2n) is 6.56. The average molecular weight is 462 g/mol. The molecule has 1 aromatic carbocycles. The molecular formula is C19H14F4N8O2. The van der Waals surface area contributed by atoms with Gasteiger partial charge in [0.2, 0.25) is 29.4 Å². The Bertz CT molecular complexity index is 1250. The van der Waals surface area contributed by atoms with Crippen LogP contribution in [0.4, 0.5) is 35.1 Å². The first kappa shape index (κ1) is 21.9. The van der Waals surface area contributed by atoms with Crippen molar-refractivity contribution in [3.05, 3.63) is 48.4 Å². The summed E-state index contributed by atoms with van der Waals surface area (Å²) in [5.41, 5.74) is 6.72. The molecule has 0 aliphatic carbocycles. The molecule has 0 fully saturated rings. The molecule has 0 amide bonds. The fraction of sp³-hybridized carbons (Fsp3) is 0.158. The number of anilines is 3. The number of alkyl halides is 3. The first-order valence-electron chi connectivity index (χ1n) is 9.19. The van der Waals surface area contributed by atoms with E-state index in [1.807, 2.05) is 0 Å². The molecule has 0 unspecified atom stereocenters. The molecule has 0 atom stereocenters. The van der Waals surface area contributed by atoms with Crippen molar-refractivity contribution < 1.29 is 26.8 Å². The molecular weight excluding hydrogens is 448 g/mol. The second-order valence-corrected chi connectivity index (χ2v) is 6.56. The van der Waals surface area contributed by atoms with Crippen LogP contribution in [0.15, 0.2) is 47.1 Å². The lowest BCUT2D eigenvalue weighted by Gasteiger charge is -2.17. The van der Waals surface area contributed by atoms with Crippen molar-refractivity contribution in [2.24, 2.45) is 0 Å². The Kier molecular flexibility index (Phi) is 5.72. The third-order valence-corrected chi connectivity index (χ3v) is 4.15.